The number of amides is 2. The summed E-state index contributed by atoms with van der Waals surface area (Å²) in [5.41, 5.74) is 0.226. The van der Waals surface area contributed by atoms with Crippen LogP contribution in [0.5, 0.6) is 0 Å². The molecular weight excluding hydrogens is 364 g/mol. The molecular formula is C17H21ClN2O4S. The van der Waals surface area contributed by atoms with Crippen molar-refractivity contribution >= 4 is 46.8 Å². The molecule has 1 aromatic rings. The first kappa shape index (κ1) is 19.6. The Hall–Kier alpha value is -1.73. The van der Waals surface area contributed by atoms with Crippen molar-refractivity contribution in [3.63, 3.8) is 0 Å². The highest BCUT2D eigenvalue weighted by molar-refractivity contribution is 7.99. The standard InChI is InChI=1S/C17H21ClN2O4S/c1-17(2,3)7-14(21)20-9-25-8-13(20)15(22)19-10-4-5-11(16(23)24)12(18)6-10/h4-6,13H,7-9H2,1-3H3,(H,19,22)(H,23,24). The van der Waals surface area contributed by atoms with Gasteiger partial charge in [-0.25, -0.2) is 4.79 Å². The average Bonchev–Trinajstić information content (AvgIpc) is 2.94. The third kappa shape index (κ3) is 5.12. The minimum atomic E-state index is -1.13. The fourth-order valence-corrected chi connectivity index (χ4v) is 3.89. The summed E-state index contributed by atoms with van der Waals surface area (Å²) >= 11 is 7.45. The number of halogens is 1. The first-order chi connectivity index (χ1) is 11.6. The zero-order chi connectivity index (χ0) is 18.8. The monoisotopic (exact) mass is 384 g/mol. The van der Waals surface area contributed by atoms with E-state index in [1.165, 1.54) is 30.0 Å². The number of carboxylic acids is 1. The van der Waals surface area contributed by atoms with Gasteiger partial charge in [-0.1, -0.05) is 32.4 Å². The van der Waals surface area contributed by atoms with Gasteiger partial charge in [-0.3, -0.25) is 9.59 Å². The number of hydrogen-bond donors (Lipinski definition) is 2. The van der Waals surface area contributed by atoms with Gasteiger partial charge in [0.15, 0.2) is 0 Å². The molecule has 1 aliphatic heterocycles. The van der Waals surface area contributed by atoms with E-state index in [2.05, 4.69) is 5.32 Å². The van der Waals surface area contributed by atoms with Gasteiger partial charge < -0.3 is 15.3 Å². The average molecular weight is 385 g/mol. The lowest BCUT2D eigenvalue weighted by Crippen LogP contribution is -2.45. The second kappa shape index (κ2) is 7.66. The van der Waals surface area contributed by atoms with E-state index in [1.807, 2.05) is 20.8 Å². The number of carbonyl (C=O) groups excluding carboxylic acids is 2. The van der Waals surface area contributed by atoms with Crippen LogP contribution in [-0.4, -0.2) is 45.5 Å². The van der Waals surface area contributed by atoms with Gasteiger partial charge in [-0.2, -0.15) is 0 Å². The van der Waals surface area contributed by atoms with Crippen LogP contribution in [0, 0.1) is 5.41 Å². The van der Waals surface area contributed by atoms with E-state index in [0.717, 1.165) is 0 Å². The highest BCUT2D eigenvalue weighted by Gasteiger charge is 2.35. The molecule has 1 unspecified atom stereocenters. The van der Waals surface area contributed by atoms with Crippen LogP contribution in [-0.2, 0) is 9.59 Å². The Morgan fingerprint density at radius 2 is 2.04 bits per heavy atom. The molecule has 0 aliphatic carbocycles. The fourth-order valence-electron chi connectivity index (χ4n) is 2.45. The van der Waals surface area contributed by atoms with Crippen LogP contribution in [0.2, 0.25) is 5.02 Å². The maximum absolute atomic E-state index is 12.5. The van der Waals surface area contributed by atoms with Crippen molar-refractivity contribution in [1.29, 1.82) is 0 Å². The van der Waals surface area contributed by atoms with Gasteiger partial charge in [0.05, 0.1) is 16.5 Å². The molecule has 2 rings (SSSR count). The molecule has 136 valence electrons. The summed E-state index contributed by atoms with van der Waals surface area (Å²) in [6.07, 6.45) is 0.372. The first-order valence-corrected chi connectivity index (χ1v) is 9.33. The van der Waals surface area contributed by atoms with Crippen molar-refractivity contribution in [3.8, 4) is 0 Å². The summed E-state index contributed by atoms with van der Waals surface area (Å²) < 4.78 is 0. The van der Waals surface area contributed by atoms with E-state index < -0.39 is 12.0 Å². The molecule has 1 saturated heterocycles. The van der Waals surface area contributed by atoms with Crippen molar-refractivity contribution in [2.45, 2.75) is 33.2 Å². The number of thioether (sulfide) groups is 1. The largest absolute Gasteiger partial charge is 0.478 e. The van der Waals surface area contributed by atoms with E-state index in [4.69, 9.17) is 16.7 Å². The van der Waals surface area contributed by atoms with Crippen LogP contribution in [0.3, 0.4) is 0 Å². The predicted octanol–water partition coefficient (Wildman–Crippen LogP) is 3.31. The number of carboxylic acid groups (broad SMARTS) is 1. The zero-order valence-corrected chi connectivity index (χ0v) is 15.9. The lowest BCUT2D eigenvalue weighted by molar-refractivity contribution is -0.137. The minimum Gasteiger partial charge on any atom is -0.478 e. The normalized spacial score (nSPS) is 17.4. The summed E-state index contributed by atoms with van der Waals surface area (Å²) in [4.78, 5) is 37.6. The van der Waals surface area contributed by atoms with E-state index in [0.29, 0.717) is 23.7 Å². The van der Waals surface area contributed by atoms with Gasteiger partial charge in [0.2, 0.25) is 11.8 Å². The quantitative estimate of drug-likeness (QED) is 0.831. The summed E-state index contributed by atoms with van der Waals surface area (Å²) in [5.74, 6) is -0.453. The highest BCUT2D eigenvalue weighted by atomic mass is 35.5. The Labute approximate surface area is 155 Å². The molecule has 25 heavy (non-hydrogen) atoms. The molecule has 0 saturated carbocycles. The zero-order valence-electron chi connectivity index (χ0n) is 14.3. The maximum Gasteiger partial charge on any atom is 0.337 e. The smallest absolute Gasteiger partial charge is 0.337 e. The van der Waals surface area contributed by atoms with Crippen molar-refractivity contribution in [2.24, 2.45) is 5.41 Å². The predicted molar refractivity (Wildman–Crippen MR) is 99.1 cm³/mol. The molecule has 6 nitrogen and oxygen atoms in total. The van der Waals surface area contributed by atoms with Crippen LogP contribution < -0.4 is 5.32 Å². The Kier molecular flexibility index (Phi) is 6.00. The van der Waals surface area contributed by atoms with Gasteiger partial charge in [0, 0.05) is 17.9 Å². The number of aromatic carboxylic acids is 1. The molecule has 1 aliphatic rings. The molecule has 0 radical (unpaired) electrons. The number of anilines is 1. The molecule has 0 spiro atoms. The Morgan fingerprint density at radius 3 is 2.60 bits per heavy atom. The molecule has 2 N–H and O–H groups in total. The SMILES string of the molecule is CC(C)(C)CC(=O)N1CSCC1C(=O)Nc1ccc(C(=O)O)c(Cl)c1. The third-order valence-corrected chi connectivity index (χ3v) is 4.98. The summed E-state index contributed by atoms with van der Waals surface area (Å²) in [6.45, 7) is 5.94. The molecule has 1 heterocycles. The molecule has 8 heteroatoms. The third-order valence-electron chi connectivity index (χ3n) is 3.65. The molecule has 1 atom stereocenters. The van der Waals surface area contributed by atoms with Crippen molar-refractivity contribution in [2.75, 3.05) is 16.9 Å². The number of hydrogen-bond acceptors (Lipinski definition) is 4. The summed E-state index contributed by atoms with van der Waals surface area (Å²) in [7, 11) is 0. The molecule has 0 aromatic heterocycles. The lowest BCUT2D eigenvalue weighted by atomic mass is 9.91. The van der Waals surface area contributed by atoms with Crippen LogP contribution in [0.4, 0.5) is 5.69 Å². The number of nitrogens with zero attached hydrogens (tertiary/aromatic N) is 1. The first-order valence-electron chi connectivity index (χ1n) is 7.79. The number of carbonyl (C=O) groups is 3. The van der Waals surface area contributed by atoms with Gasteiger partial charge in [-0.05, 0) is 23.6 Å². The van der Waals surface area contributed by atoms with Crippen LogP contribution in [0.25, 0.3) is 0 Å². The Bertz CT molecular complexity index is 702. The molecule has 0 bridgehead atoms. The maximum atomic E-state index is 12.5. The van der Waals surface area contributed by atoms with Crippen LogP contribution in [0.15, 0.2) is 18.2 Å². The molecule has 2 amide bonds. The van der Waals surface area contributed by atoms with Crippen molar-refractivity contribution in [3.05, 3.63) is 28.8 Å². The molecule has 1 fully saturated rings. The van der Waals surface area contributed by atoms with Crippen LogP contribution >= 0.6 is 23.4 Å². The van der Waals surface area contributed by atoms with Crippen LogP contribution in [0.1, 0.15) is 37.6 Å². The Balaban J connectivity index is 2.08. The topological polar surface area (TPSA) is 86.7 Å². The minimum absolute atomic E-state index is 0.0296. The van der Waals surface area contributed by atoms with Gasteiger partial charge in [0.25, 0.3) is 0 Å². The lowest BCUT2D eigenvalue weighted by Gasteiger charge is -2.26. The molecule has 1 aromatic carbocycles. The van der Waals surface area contributed by atoms with Crippen molar-refractivity contribution < 1.29 is 19.5 Å². The Morgan fingerprint density at radius 1 is 1.36 bits per heavy atom. The van der Waals surface area contributed by atoms with E-state index in [9.17, 15) is 14.4 Å². The second-order valence-electron chi connectivity index (χ2n) is 7.11. The summed E-state index contributed by atoms with van der Waals surface area (Å²) in [5, 5.41) is 11.7. The van der Waals surface area contributed by atoms with Gasteiger partial charge in [-0.15, -0.1) is 11.8 Å². The number of benzene rings is 1. The number of rotatable bonds is 4. The van der Waals surface area contributed by atoms with E-state index in [1.54, 1.807) is 4.90 Å². The van der Waals surface area contributed by atoms with Gasteiger partial charge >= 0.3 is 5.97 Å². The summed E-state index contributed by atoms with van der Waals surface area (Å²) in [6, 6.07) is 3.67. The highest BCUT2D eigenvalue weighted by Crippen LogP contribution is 2.28. The second-order valence-corrected chi connectivity index (χ2v) is 8.51. The fraction of sp³-hybridized carbons (Fsp3) is 0.471. The number of nitrogens with one attached hydrogen (secondary N) is 1. The van der Waals surface area contributed by atoms with Crippen molar-refractivity contribution in [1.82, 2.24) is 4.90 Å². The van der Waals surface area contributed by atoms with E-state index >= 15 is 0 Å². The van der Waals surface area contributed by atoms with Gasteiger partial charge in [0.1, 0.15) is 6.04 Å². The van der Waals surface area contributed by atoms with E-state index in [-0.39, 0.29) is 27.8 Å².